The van der Waals surface area contributed by atoms with E-state index >= 15 is 0 Å². The summed E-state index contributed by atoms with van der Waals surface area (Å²) in [6.07, 6.45) is 1.65. The molecule has 2 heterocycles. The first-order chi connectivity index (χ1) is 15.5. The van der Waals surface area contributed by atoms with Crippen LogP contribution in [0.5, 0.6) is 17.2 Å². The molecule has 0 aliphatic carbocycles. The van der Waals surface area contributed by atoms with Gasteiger partial charge in [-0.1, -0.05) is 23.2 Å². The Morgan fingerprint density at radius 3 is 2.34 bits per heavy atom. The van der Waals surface area contributed by atoms with E-state index < -0.39 is 0 Å². The van der Waals surface area contributed by atoms with Crippen molar-refractivity contribution in [3.05, 3.63) is 74.7 Å². The van der Waals surface area contributed by atoms with Gasteiger partial charge in [0.2, 0.25) is 5.75 Å². The van der Waals surface area contributed by atoms with Gasteiger partial charge in [-0.15, -0.1) is 11.3 Å². The fraction of sp³-hybridized carbons (Fsp3) is 0.174. The number of nitrogens with zero attached hydrogens (tertiary/aromatic N) is 2. The third-order valence-electron chi connectivity index (χ3n) is 4.78. The van der Waals surface area contributed by atoms with Crippen molar-refractivity contribution in [3.63, 3.8) is 0 Å². The summed E-state index contributed by atoms with van der Waals surface area (Å²) < 4.78 is 24.2. The average Bonchev–Trinajstić information content (AvgIpc) is 3.45. The lowest BCUT2D eigenvalue weighted by Gasteiger charge is -2.15. The Labute approximate surface area is 199 Å². The van der Waals surface area contributed by atoms with E-state index in [1.54, 1.807) is 45.8 Å². The first kappa shape index (κ1) is 22.3. The van der Waals surface area contributed by atoms with E-state index in [4.69, 9.17) is 46.8 Å². The van der Waals surface area contributed by atoms with Crippen molar-refractivity contribution in [2.45, 2.75) is 6.54 Å². The molecule has 6 nitrogen and oxygen atoms in total. The minimum Gasteiger partial charge on any atom is -0.493 e. The van der Waals surface area contributed by atoms with Crippen LogP contribution < -0.4 is 19.0 Å². The topological polar surface area (TPSA) is 58.1 Å². The van der Waals surface area contributed by atoms with Gasteiger partial charge in [-0.2, -0.15) is 0 Å². The van der Waals surface area contributed by atoms with Gasteiger partial charge in [0.05, 0.1) is 50.5 Å². The van der Waals surface area contributed by atoms with E-state index in [1.165, 1.54) is 11.3 Å². The maximum atomic E-state index is 6.36. The number of hydrogen-bond acceptors (Lipinski definition) is 6. The summed E-state index contributed by atoms with van der Waals surface area (Å²) in [6, 6.07) is 12.8. The number of halogens is 2. The second-order valence-corrected chi connectivity index (χ2v) is 8.37. The molecule has 0 unspecified atom stereocenters. The van der Waals surface area contributed by atoms with E-state index in [-0.39, 0.29) is 0 Å². The zero-order valence-corrected chi connectivity index (χ0v) is 19.9. The molecule has 0 atom stereocenters. The Balaban J connectivity index is 1.91. The molecule has 0 saturated carbocycles. The Hall–Kier alpha value is -2.87. The first-order valence-corrected chi connectivity index (χ1v) is 11.2. The van der Waals surface area contributed by atoms with Crippen LogP contribution >= 0.6 is 34.5 Å². The fourth-order valence-corrected chi connectivity index (χ4v) is 4.64. The normalized spacial score (nSPS) is 11.6. The predicted octanol–water partition coefficient (Wildman–Crippen LogP) is 6.42. The molecule has 0 bridgehead atoms. The fourth-order valence-electron chi connectivity index (χ4n) is 3.26. The van der Waals surface area contributed by atoms with Gasteiger partial charge in [0.25, 0.3) is 0 Å². The van der Waals surface area contributed by atoms with Crippen molar-refractivity contribution in [1.82, 2.24) is 4.57 Å². The molecule has 2 aromatic heterocycles. The largest absolute Gasteiger partial charge is 0.493 e. The summed E-state index contributed by atoms with van der Waals surface area (Å²) >= 11 is 13.9. The Morgan fingerprint density at radius 1 is 1.00 bits per heavy atom. The van der Waals surface area contributed by atoms with Crippen LogP contribution in [0.4, 0.5) is 5.69 Å². The number of benzene rings is 2. The number of ether oxygens (including phenoxy) is 3. The zero-order valence-electron chi connectivity index (χ0n) is 17.6. The maximum Gasteiger partial charge on any atom is 0.203 e. The van der Waals surface area contributed by atoms with Gasteiger partial charge in [0.1, 0.15) is 5.76 Å². The molecule has 166 valence electrons. The van der Waals surface area contributed by atoms with Crippen LogP contribution in [0.15, 0.2) is 63.5 Å². The van der Waals surface area contributed by atoms with E-state index in [0.29, 0.717) is 39.5 Å². The summed E-state index contributed by atoms with van der Waals surface area (Å²) in [4.78, 5) is 5.53. The second kappa shape index (κ2) is 9.73. The molecular weight excluding hydrogens is 471 g/mol. The highest BCUT2D eigenvalue weighted by Crippen LogP contribution is 2.41. The van der Waals surface area contributed by atoms with E-state index in [1.807, 2.05) is 29.6 Å². The highest BCUT2D eigenvalue weighted by Gasteiger charge is 2.18. The average molecular weight is 491 g/mol. The summed E-state index contributed by atoms with van der Waals surface area (Å²) in [5.41, 5.74) is 2.42. The van der Waals surface area contributed by atoms with Crippen molar-refractivity contribution in [3.8, 4) is 28.5 Å². The molecule has 0 fully saturated rings. The zero-order chi connectivity index (χ0) is 22.7. The lowest BCUT2D eigenvalue weighted by atomic mass is 10.1. The molecule has 0 spiro atoms. The second-order valence-electron chi connectivity index (χ2n) is 6.69. The molecule has 0 radical (unpaired) electrons. The number of thiazole rings is 1. The third-order valence-corrected chi connectivity index (χ3v) is 6.18. The van der Waals surface area contributed by atoms with Gasteiger partial charge in [0, 0.05) is 16.0 Å². The lowest BCUT2D eigenvalue weighted by molar-refractivity contribution is 0.324. The van der Waals surface area contributed by atoms with Gasteiger partial charge in [-0.05, 0) is 42.5 Å². The molecule has 32 heavy (non-hydrogen) atoms. The van der Waals surface area contributed by atoms with Crippen LogP contribution in [0.3, 0.4) is 0 Å². The van der Waals surface area contributed by atoms with E-state index in [2.05, 4.69) is 4.57 Å². The van der Waals surface area contributed by atoms with Crippen LogP contribution in [0.1, 0.15) is 5.76 Å². The van der Waals surface area contributed by atoms with Gasteiger partial charge in [-0.25, -0.2) is 4.99 Å². The monoisotopic (exact) mass is 490 g/mol. The maximum absolute atomic E-state index is 6.36. The molecule has 0 amide bonds. The molecule has 0 aliphatic rings. The molecule has 4 rings (SSSR count). The summed E-state index contributed by atoms with van der Waals surface area (Å²) in [5, 5.41) is 3.05. The number of methoxy groups -OCH3 is 3. The molecular formula is C23H20Cl2N2O4S. The molecule has 0 aliphatic heterocycles. The van der Waals surface area contributed by atoms with Gasteiger partial charge < -0.3 is 23.2 Å². The van der Waals surface area contributed by atoms with Crippen molar-refractivity contribution in [2.75, 3.05) is 21.3 Å². The highest BCUT2D eigenvalue weighted by molar-refractivity contribution is 7.07. The van der Waals surface area contributed by atoms with Gasteiger partial charge in [-0.3, -0.25) is 0 Å². The minimum absolute atomic E-state index is 0.477. The molecule has 2 aromatic carbocycles. The van der Waals surface area contributed by atoms with E-state index in [0.717, 1.165) is 21.8 Å². The Morgan fingerprint density at radius 2 is 1.75 bits per heavy atom. The SMILES string of the molecule is COc1cc(-c2csc(=Nc3ccc(Cl)cc3Cl)n2Cc2ccco2)cc(OC)c1OC. The summed E-state index contributed by atoms with van der Waals surface area (Å²) in [6.45, 7) is 0.479. The molecule has 9 heteroatoms. The first-order valence-electron chi connectivity index (χ1n) is 9.55. The predicted molar refractivity (Wildman–Crippen MR) is 127 cm³/mol. The lowest BCUT2D eigenvalue weighted by Crippen LogP contribution is -2.16. The molecule has 4 aromatic rings. The van der Waals surface area contributed by atoms with Crippen molar-refractivity contribution >= 4 is 40.2 Å². The minimum atomic E-state index is 0.477. The van der Waals surface area contributed by atoms with Crippen molar-refractivity contribution in [1.29, 1.82) is 0 Å². The number of furan rings is 1. The highest BCUT2D eigenvalue weighted by atomic mass is 35.5. The Bertz CT molecular complexity index is 1270. The standard InChI is InChI=1S/C23H20Cl2N2O4S/c1-28-20-9-14(10-21(29-2)22(20)30-3)19-13-32-23(27(19)12-16-5-4-8-31-16)26-18-7-6-15(24)11-17(18)25/h4-11,13H,12H2,1-3H3. The molecule has 0 N–H and O–H groups in total. The number of rotatable bonds is 7. The van der Waals surface area contributed by atoms with E-state index in [9.17, 15) is 0 Å². The number of aromatic nitrogens is 1. The van der Waals surface area contributed by atoms with Crippen molar-refractivity contribution in [2.24, 2.45) is 4.99 Å². The third kappa shape index (κ3) is 4.50. The van der Waals surface area contributed by atoms with Crippen LogP contribution in [0.2, 0.25) is 10.0 Å². The van der Waals surface area contributed by atoms with Gasteiger partial charge >= 0.3 is 0 Å². The van der Waals surface area contributed by atoms with Crippen LogP contribution in [0, 0.1) is 0 Å². The van der Waals surface area contributed by atoms with Crippen LogP contribution in [-0.4, -0.2) is 25.9 Å². The van der Waals surface area contributed by atoms with Gasteiger partial charge in [0.15, 0.2) is 16.3 Å². The number of hydrogen-bond donors (Lipinski definition) is 0. The molecule has 0 saturated heterocycles. The van der Waals surface area contributed by atoms with Crippen molar-refractivity contribution < 1.29 is 18.6 Å². The summed E-state index contributed by atoms with van der Waals surface area (Å²) in [7, 11) is 4.76. The summed E-state index contributed by atoms with van der Waals surface area (Å²) in [5.74, 6) is 2.46. The van der Waals surface area contributed by atoms with Crippen LogP contribution in [0.25, 0.3) is 11.3 Å². The van der Waals surface area contributed by atoms with Crippen LogP contribution in [-0.2, 0) is 6.54 Å². The Kier molecular flexibility index (Phi) is 6.79. The smallest absolute Gasteiger partial charge is 0.203 e. The quantitative estimate of drug-likeness (QED) is 0.299.